The number of hydrogen-bond acceptors (Lipinski definition) is 3. The molecule has 0 aromatic carbocycles. The molecule has 1 heterocycles. The topological polar surface area (TPSA) is 59.0 Å². The first-order valence-electron chi connectivity index (χ1n) is 6.01. The van der Waals surface area contributed by atoms with E-state index in [9.17, 15) is 4.79 Å². The third kappa shape index (κ3) is 4.99. The molecule has 1 aromatic rings. The highest BCUT2D eigenvalue weighted by Crippen LogP contribution is 1.98. The lowest BCUT2D eigenvalue weighted by molar-refractivity contribution is -0.122. The summed E-state index contributed by atoms with van der Waals surface area (Å²) in [6, 6.07) is 0.577. The number of nitrogens with one attached hydrogen (secondary N) is 2. The SMILES string of the molecule is CC(C)NCc1nccn1CC(=O)NC(C)C. The highest BCUT2D eigenvalue weighted by molar-refractivity contribution is 5.76. The standard InChI is InChI=1S/C12H22N4O/c1-9(2)14-7-11-13-5-6-16(11)8-12(17)15-10(3)4/h5-6,9-10,14H,7-8H2,1-4H3,(H,15,17). The minimum Gasteiger partial charge on any atom is -0.352 e. The molecule has 0 aliphatic carbocycles. The Hall–Kier alpha value is -1.36. The van der Waals surface area contributed by atoms with E-state index in [2.05, 4.69) is 29.5 Å². The minimum atomic E-state index is 0.0174. The Bertz CT molecular complexity index is 357. The van der Waals surface area contributed by atoms with E-state index in [1.54, 1.807) is 6.20 Å². The van der Waals surface area contributed by atoms with Crippen molar-refractivity contribution in [3.05, 3.63) is 18.2 Å². The molecule has 0 bridgehead atoms. The molecule has 0 unspecified atom stereocenters. The van der Waals surface area contributed by atoms with Gasteiger partial charge in [0.2, 0.25) is 5.91 Å². The van der Waals surface area contributed by atoms with Crippen LogP contribution in [0.15, 0.2) is 12.4 Å². The summed E-state index contributed by atoms with van der Waals surface area (Å²) in [5.74, 6) is 0.904. The molecule has 0 fully saturated rings. The van der Waals surface area contributed by atoms with Gasteiger partial charge in [-0.1, -0.05) is 13.8 Å². The van der Waals surface area contributed by atoms with Crippen LogP contribution in [-0.4, -0.2) is 27.5 Å². The number of imidazole rings is 1. The fraction of sp³-hybridized carbons (Fsp3) is 0.667. The van der Waals surface area contributed by atoms with Gasteiger partial charge in [-0.2, -0.15) is 0 Å². The van der Waals surface area contributed by atoms with Gasteiger partial charge in [0.1, 0.15) is 12.4 Å². The Labute approximate surface area is 103 Å². The summed E-state index contributed by atoms with van der Waals surface area (Å²) < 4.78 is 1.87. The molecule has 1 amide bonds. The molecule has 0 radical (unpaired) electrons. The van der Waals surface area contributed by atoms with Crippen LogP contribution in [0.2, 0.25) is 0 Å². The number of nitrogens with zero attached hydrogens (tertiary/aromatic N) is 2. The van der Waals surface area contributed by atoms with Crippen molar-refractivity contribution in [2.24, 2.45) is 0 Å². The largest absolute Gasteiger partial charge is 0.352 e. The Morgan fingerprint density at radius 2 is 2.06 bits per heavy atom. The van der Waals surface area contributed by atoms with Gasteiger partial charge in [0.05, 0.1) is 6.54 Å². The number of aromatic nitrogens is 2. The van der Waals surface area contributed by atoms with E-state index in [4.69, 9.17) is 0 Å². The van der Waals surface area contributed by atoms with E-state index in [1.807, 2.05) is 24.6 Å². The molecule has 0 saturated heterocycles. The molecule has 17 heavy (non-hydrogen) atoms. The summed E-state index contributed by atoms with van der Waals surface area (Å²) >= 11 is 0. The molecular weight excluding hydrogens is 216 g/mol. The summed E-state index contributed by atoms with van der Waals surface area (Å²) in [5.41, 5.74) is 0. The molecule has 2 N–H and O–H groups in total. The molecule has 5 heteroatoms. The maximum Gasteiger partial charge on any atom is 0.240 e. The van der Waals surface area contributed by atoms with E-state index in [-0.39, 0.29) is 11.9 Å². The maximum absolute atomic E-state index is 11.6. The third-order valence-electron chi connectivity index (χ3n) is 2.23. The Morgan fingerprint density at radius 1 is 1.35 bits per heavy atom. The fourth-order valence-corrected chi connectivity index (χ4v) is 1.47. The van der Waals surface area contributed by atoms with Gasteiger partial charge >= 0.3 is 0 Å². The number of carbonyl (C=O) groups is 1. The first kappa shape index (κ1) is 13.7. The molecule has 0 saturated carbocycles. The molecule has 0 atom stereocenters. The monoisotopic (exact) mass is 238 g/mol. The van der Waals surface area contributed by atoms with Crippen molar-refractivity contribution in [3.8, 4) is 0 Å². The zero-order valence-corrected chi connectivity index (χ0v) is 11.0. The van der Waals surface area contributed by atoms with Crippen LogP contribution < -0.4 is 10.6 Å². The van der Waals surface area contributed by atoms with E-state index < -0.39 is 0 Å². The normalized spacial score (nSPS) is 11.2. The van der Waals surface area contributed by atoms with Gasteiger partial charge in [0.15, 0.2) is 0 Å². The molecule has 1 aromatic heterocycles. The lowest BCUT2D eigenvalue weighted by atomic mass is 10.3. The van der Waals surface area contributed by atoms with E-state index in [1.165, 1.54) is 0 Å². The van der Waals surface area contributed by atoms with E-state index in [0.717, 1.165) is 5.82 Å². The van der Waals surface area contributed by atoms with Crippen molar-refractivity contribution in [2.75, 3.05) is 0 Å². The Kier molecular flexibility index (Phi) is 5.15. The number of hydrogen-bond donors (Lipinski definition) is 2. The smallest absolute Gasteiger partial charge is 0.240 e. The average Bonchev–Trinajstić information content (AvgIpc) is 2.60. The van der Waals surface area contributed by atoms with Gasteiger partial charge in [0.25, 0.3) is 0 Å². The van der Waals surface area contributed by atoms with Crippen LogP contribution in [0.25, 0.3) is 0 Å². The highest BCUT2D eigenvalue weighted by Gasteiger charge is 2.08. The van der Waals surface area contributed by atoms with Crippen molar-refractivity contribution >= 4 is 5.91 Å². The predicted octanol–water partition coefficient (Wildman–Crippen LogP) is 0.906. The summed E-state index contributed by atoms with van der Waals surface area (Å²) in [4.78, 5) is 15.9. The van der Waals surface area contributed by atoms with Crippen LogP contribution in [0.3, 0.4) is 0 Å². The quantitative estimate of drug-likeness (QED) is 0.774. The van der Waals surface area contributed by atoms with Gasteiger partial charge in [-0.05, 0) is 13.8 Å². The van der Waals surface area contributed by atoms with Crippen LogP contribution in [0.5, 0.6) is 0 Å². The van der Waals surface area contributed by atoms with Gasteiger partial charge < -0.3 is 15.2 Å². The van der Waals surface area contributed by atoms with Crippen molar-refractivity contribution < 1.29 is 4.79 Å². The lowest BCUT2D eigenvalue weighted by Crippen LogP contribution is -2.34. The van der Waals surface area contributed by atoms with Crippen LogP contribution in [0.1, 0.15) is 33.5 Å². The molecule has 0 spiro atoms. The number of rotatable bonds is 6. The second kappa shape index (κ2) is 6.39. The van der Waals surface area contributed by atoms with Crippen molar-refractivity contribution in [1.82, 2.24) is 20.2 Å². The first-order chi connectivity index (χ1) is 7.99. The Morgan fingerprint density at radius 3 is 2.65 bits per heavy atom. The molecule has 0 aliphatic rings. The summed E-state index contributed by atoms with van der Waals surface area (Å²) in [5, 5.41) is 6.15. The summed E-state index contributed by atoms with van der Waals surface area (Å²) in [6.07, 6.45) is 3.55. The van der Waals surface area contributed by atoms with E-state index >= 15 is 0 Å². The molecule has 96 valence electrons. The summed E-state index contributed by atoms with van der Waals surface area (Å²) in [6.45, 7) is 9.07. The van der Waals surface area contributed by atoms with Gasteiger partial charge in [-0.25, -0.2) is 4.98 Å². The fourth-order valence-electron chi connectivity index (χ4n) is 1.47. The van der Waals surface area contributed by atoms with Crippen molar-refractivity contribution in [2.45, 2.75) is 52.9 Å². The van der Waals surface area contributed by atoms with Gasteiger partial charge in [-0.15, -0.1) is 0 Å². The second-order valence-electron chi connectivity index (χ2n) is 4.73. The molecule has 1 rings (SSSR count). The number of carbonyl (C=O) groups excluding carboxylic acids is 1. The Balaban J connectivity index is 2.53. The molecular formula is C12H22N4O. The van der Waals surface area contributed by atoms with Gasteiger partial charge in [0, 0.05) is 24.5 Å². The molecule has 5 nitrogen and oxygen atoms in total. The van der Waals surface area contributed by atoms with Crippen LogP contribution in [-0.2, 0) is 17.9 Å². The zero-order chi connectivity index (χ0) is 12.8. The first-order valence-corrected chi connectivity index (χ1v) is 6.01. The lowest BCUT2D eigenvalue weighted by Gasteiger charge is -2.12. The average molecular weight is 238 g/mol. The van der Waals surface area contributed by atoms with Gasteiger partial charge in [-0.3, -0.25) is 4.79 Å². The van der Waals surface area contributed by atoms with Crippen LogP contribution in [0.4, 0.5) is 0 Å². The molecule has 0 aliphatic heterocycles. The third-order valence-corrected chi connectivity index (χ3v) is 2.23. The number of amides is 1. The highest BCUT2D eigenvalue weighted by atomic mass is 16.2. The maximum atomic E-state index is 11.6. The second-order valence-corrected chi connectivity index (χ2v) is 4.73. The van der Waals surface area contributed by atoms with Crippen LogP contribution >= 0.6 is 0 Å². The zero-order valence-electron chi connectivity index (χ0n) is 11.0. The summed E-state index contributed by atoms with van der Waals surface area (Å²) in [7, 11) is 0. The van der Waals surface area contributed by atoms with Crippen LogP contribution in [0, 0.1) is 0 Å². The van der Waals surface area contributed by atoms with Crippen molar-refractivity contribution in [3.63, 3.8) is 0 Å². The van der Waals surface area contributed by atoms with Crippen molar-refractivity contribution in [1.29, 1.82) is 0 Å². The minimum absolute atomic E-state index is 0.0174. The van der Waals surface area contributed by atoms with E-state index in [0.29, 0.717) is 19.1 Å². The predicted molar refractivity (Wildman–Crippen MR) is 67.5 cm³/mol.